The van der Waals surface area contributed by atoms with Gasteiger partial charge in [0.1, 0.15) is 0 Å². The fourth-order valence-electron chi connectivity index (χ4n) is 1.89. The van der Waals surface area contributed by atoms with Crippen LogP contribution in [0, 0.1) is 5.92 Å². The second kappa shape index (κ2) is 4.13. The molecule has 3 rings (SSSR count). The van der Waals surface area contributed by atoms with Crippen LogP contribution in [0.5, 0.6) is 0 Å². The van der Waals surface area contributed by atoms with Crippen molar-refractivity contribution >= 4 is 27.0 Å². The van der Waals surface area contributed by atoms with Crippen molar-refractivity contribution in [2.75, 3.05) is 0 Å². The highest BCUT2D eigenvalue weighted by Crippen LogP contribution is 2.32. The molecule has 1 aliphatic rings. The average Bonchev–Trinajstić information content (AvgIpc) is 3.12. The Morgan fingerprint density at radius 2 is 2.12 bits per heavy atom. The van der Waals surface area contributed by atoms with Crippen LogP contribution in [0.3, 0.4) is 0 Å². The van der Waals surface area contributed by atoms with Gasteiger partial charge in [-0.3, -0.25) is 4.98 Å². The Balaban J connectivity index is 1.99. The second-order valence-electron chi connectivity index (χ2n) is 4.47. The maximum absolute atomic E-state index is 4.68. The summed E-state index contributed by atoms with van der Waals surface area (Å²) < 4.78 is 0. The first-order chi connectivity index (χ1) is 7.85. The van der Waals surface area contributed by atoms with Crippen LogP contribution in [0.15, 0.2) is 24.4 Å². The lowest BCUT2D eigenvalue weighted by molar-refractivity contribution is 0.803. The van der Waals surface area contributed by atoms with Crippen LogP contribution >= 0.6 is 15.9 Å². The molecule has 2 aromatic rings. The molecule has 0 aliphatic heterocycles. The van der Waals surface area contributed by atoms with E-state index in [9.17, 15) is 0 Å². The van der Waals surface area contributed by atoms with Crippen LogP contribution in [0.25, 0.3) is 11.0 Å². The number of fused-ring (bicyclic) bond motifs is 1. The Bertz CT molecular complexity index is 520. The maximum atomic E-state index is 4.68. The summed E-state index contributed by atoms with van der Waals surface area (Å²) >= 11 is 3.46. The van der Waals surface area contributed by atoms with E-state index >= 15 is 0 Å². The molecule has 1 aromatic carbocycles. The number of nitrogens with zero attached hydrogens (tertiary/aromatic N) is 2. The Morgan fingerprint density at radius 1 is 1.25 bits per heavy atom. The van der Waals surface area contributed by atoms with Crippen molar-refractivity contribution in [3.8, 4) is 0 Å². The topological polar surface area (TPSA) is 25.8 Å². The number of hydrogen-bond donors (Lipinski definition) is 0. The molecule has 0 spiro atoms. The van der Waals surface area contributed by atoms with Crippen molar-refractivity contribution in [2.24, 2.45) is 5.92 Å². The fourth-order valence-corrected chi connectivity index (χ4v) is 2.24. The monoisotopic (exact) mass is 276 g/mol. The van der Waals surface area contributed by atoms with Gasteiger partial charge in [0, 0.05) is 11.5 Å². The van der Waals surface area contributed by atoms with E-state index in [1.165, 1.54) is 18.4 Å². The molecule has 0 atom stereocenters. The highest BCUT2D eigenvalue weighted by Gasteiger charge is 2.22. The van der Waals surface area contributed by atoms with E-state index in [2.05, 4.69) is 38.0 Å². The predicted octanol–water partition coefficient (Wildman–Crippen LogP) is 3.48. The quantitative estimate of drug-likeness (QED) is 0.803. The van der Waals surface area contributed by atoms with E-state index in [0.717, 1.165) is 34.4 Å². The minimum Gasteiger partial charge on any atom is -0.253 e. The second-order valence-corrected chi connectivity index (χ2v) is 5.03. The van der Waals surface area contributed by atoms with E-state index in [4.69, 9.17) is 0 Å². The standard InChI is InChI=1S/C13H13BrN2/c14-7-10-3-4-12-13(6-10)16-11(8-15-12)5-9-1-2-9/h3-4,6,8-9H,1-2,5,7H2. The molecule has 0 amide bonds. The molecule has 3 heteroatoms. The van der Waals surface area contributed by atoms with E-state index < -0.39 is 0 Å². The first-order valence-electron chi connectivity index (χ1n) is 5.65. The zero-order valence-electron chi connectivity index (χ0n) is 8.99. The number of benzene rings is 1. The molecule has 1 fully saturated rings. The van der Waals surface area contributed by atoms with Crippen LogP contribution in [-0.2, 0) is 11.8 Å². The van der Waals surface area contributed by atoms with Crippen molar-refractivity contribution < 1.29 is 0 Å². The summed E-state index contributed by atoms with van der Waals surface area (Å²) in [6.07, 6.45) is 5.75. The molecule has 82 valence electrons. The SMILES string of the molecule is BrCc1ccc2ncc(CC3CC3)nc2c1. The molecule has 2 nitrogen and oxygen atoms in total. The van der Waals surface area contributed by atoms with Gasteiger partial charge in [-0.1, -0.05) is 22.0 Å². The summed E-state index contributed by atoms with van der Waals surface area (Å²) in [5.74, 6) is 0.867. The van der Waals surface area contributed by atoms with Crippen LogP contribution < -0.4 is 0 Å². The van der Waals surface area contributed by atoms with Crippen molar-refractivity contribution in [1.29, 1.82) is 0 Å². The third-order valence-electron chi connectivity index (χ3n) is 3.01. The molecule has 1 aliphatic carbocycles. The van der Waals surface area contributed by atoms with Crippen molar-refractivity contribution in [2.45, 2.75) is 24.6 Å². The van der Waals surface area contributed by atoms with Crippen LogP contribution in [0.4, 0.5) is 0 Å². The van der Waals surface area contributed by atoms with Gasteiger partial charge in [0.15, 0.2) is 0 Å². The number of aromatic nitrogens is 2. The van der Waals surface area contributed by atoms with Crippen molar-refractivity contribution in [3.63, 3.8) is 0 Å². The molecule has 1 heterocycles. The first kappa shape index (κ1) is 10.2. The minimum absolute atomic E-state index is 0.867. The molecule has 0 bridgehead atoms. The van der Waals surface area contributed by atoms with Gasteiger partial charge in [0.05, 0.1) is 16.7 Å². The smallest absolute Gasteiger partial charge is 0.0893 e. The molecule has 0 unspecified atom stereocenters. The summed E-state index contributed by atoms with van der Waals surface area (Å²) in [6.45, 7) is 0. The number of rotatable bonds is 3. The number of hydrogen-bond acceptors (Lipinski definition) is 2. The van der Waals surface area contributed by atoms with Crippen molar-refractivity contribution in [3.05, 3.63) is 35.7 Å². The van der Waals surface area contributed by atoms with E-state index in [1.807, 2.05) is 12.3 Å². The molecule has 1 saturated carbocycles. The van der Waals surface area contributed by atoms with Gasteiger partial charge < -0.3 is 0 Å². The van der Waals surface area contributed by atoms with Gasteiger partial charge in [-0.05, 0) is 42.9 Å². The summed E-state index contributed by atoms with van der Waals surface area (Å²) in [5.41, 5.74) is 4.41. The van der Waals surface area contributed by atoms with Gasteiger partial charge in [-0.15, -0.1) is 0 Å². The lowest BCUT2D eigenvalue weighted by atomic mass is 10.2. The highest BCUT2D eigenvalue weighted by molar-refractivity contribution is 9.08. The number of halogens is 1. The van der Waals surface area contributed by atoms with E-state index in [0.29, 0.717) is 0 Å². The first-order valence-corrected chi connectivity index (χ1v) is 6.78. The van der Waals surface area contributed by atoms with Crippen LogP contribution in [0.1, 0.15) is 24.1 Å². The lowest BCUT2D eigenvalue weighted by Crippen LogP contribution is -1.95. The Labute approximate surface area is 103 Å². The van der Waals surface area contributed by atoms with Gasteiger partial charge in [-0.25, -0.2) is 4.98 Å². The summed E-state index contributed by atoms with van der Waals surface area (Å²) in [6, 6.07) is 6.25. The molecule has 0 radical (unpaired) electrons. The Kier molecular flexibility index (Phi) is 2.64. The van der Waals surface area contributed by atoms with Gasteiger partial charge in [0.25, 0.3) is 0 Å². The zero-order chi connectivity index (χ0) is 11.0. The van der Waals surface area contributed by atoms with Crippen LogP contribution in [0.2, 0.25) is 0 Å². The summed E-state index contributed by atoms with van der Waals surface area (Å²) in [7, 11) is 0. The van der Waals surface area contributed by atoms with Gasteiger partial charge >= 0.3 is 0 Å². The van der Waals surface area contributed by atoms with Crippen molar-refractivity contribution in [1.82, 2.24) is 9.97 Å². The molecule has 0 saturated heterocycles. The molecular weight excluding hydrogens is 264 g/mol. The third-order valence-corrected chi connectivity index (χ3v) is 3.65. The summed E-state index contributed by atoms with van der Waals surface area (Å²) in [4.78, 5) is 9.14. The molecular formula is C13H13BrN2. The largest absolute Gasteiger partial charge is 0.253 e. The van der Waals surface area contributed by atoms with Gasteiger partial charge in [-0.2, -0.15) is 0 Å². The van der Waals surface area contributed by atoms with Crippen LogP contribution in [-0.4, -0.2) is 9.97 Å². The highest BCUT2D eigenvalue weighted by atomic mass is 79.9. The molecule has 0 N–H and O–H groups in total. The minimum atomic E-state index is 0.867. The predicted molar refractivity (Wildman–Crippen MR) is 68.6 cm³/mol. The molecule has 16 heavy (non-hydrogen) atoms. The van der Waals surface area contributed by atoms with Gasteiger partial charge in [0.2, 0.25) is 0 Å². The Hall–Kier alpha value is -0.960. The molecule has 1 aromatic heterocycles. The third kappa shape index (κ3) is 2.09. The van der Waals surface area contributed by atoms with E-state index in [1.54, 1.807) is 0 Å². The normalized spacial score (nSPS) is 15.6. The average molecular weight is 277 g/mol. The Morgan fingerprint density at radius 3 is 2.88 bits per heavy atom. The maximum Gasteiger partial charge on any atom is 0.0893 e. The summed E-state index contributed by atoms with van der Waals surface area (Å²) in [5, 5.41) is 0.872. The zero-order valence-corrected chi connectivity index (χ0v) is 10.6. The lowest BCUT2D eigenvalue weighted by Gasteiger charge is -2.02. The fraction of sp³-hybridized carbons (Fsp3) is 0.385. The number of alkyl halides is 1. The van der Waals surface area contributed by atoms with E-state index in [-0.39, 0.29) is 0 Å².